The Morgan fingerprint density at radius 2 is 1.50 bits per heavy atom. The highest BCUT2D eigenvalue weighted by Crippen LogP contribution is 1.92. The van der Waals surface area contributed by atoms with Gasteiger partial charge < -0.3 is 10.4 Å². The molecule has 0 bridgehead atoms. The molecule has 0 heterocycles. The fourth-order valence-electron chi connectivity index (χ4n) is 0.834. The van der Waals surface area contributed by atoms with E-state index in [0.29, 0.717) is 6.42 Å². The van der Waals surface area contributed by atoms with Crippen molar-refractivity contribution in [2.45, 2.75) is 48.0 Å². The molecule has 0 saturated heterocycles. The van der Waals surface area contributed by atoms with Crippen LogP contribution < -0.4 is 5.32 Å². The first-order valence-corrected chi connectivity index (χ1v) is 7.06. The SMILES string of the molecule is CC.CC.CCC(=O)NCC(=O)O.Cc1ccccc1. The van der Waals surface area contributed by atoms with Gasteiger partial charge in [0.1, 0.15) is 6.54 Å². The summed E-state index contributed by atoms with van der Waals surface area (Å²) in [4.78, 5) is 20.1. The first-order chi connectivity index (χ1) is 9.56. The number of carbonyl (C=O) groups excluding carboxylic acids is 1. The Morgan fingerprint density at radius 3 is 1.75 bits per heavy atom. The van der Waals surface area contributed by atoms with Crippen LogP contribution in [0.4, 0.5) is 0 Å². The smallest absolute Gasteiger partial charge is 0.322 e. The Hall–Kier alpha value is -1.84. The van der Waals surface area contributed by atoms with Crippen molar-refractivity contribution in [3.63, 3.8) is 0 Å². The number of hydrogen-bond acceptors (Lipinski definition) is 2. The Morgan fingerprint density at radius 1 is 1.05 bits per heavy atom. The van der Waals surface area contributed by atoms with E-state index < -0.39 is 5.97 Å². The second kappa shape index (κ2) is 19.5. The summed E-state index contributed by atoms with van der Waals surface area (Å²) in [7, 11) is 0. The number of carboxylic acid groups (broad SMARTS) is 1. The highest BCUT2D eigenvalue weighted by atomic mass is 16.4. The van der Waals surface area contributed by atoms with Gasteiger partial charge in [-0.05, 0) is 6.92 Å². The van der Waals surface area contributed by atoms with Crippen molar-refractivity contribution in [3.05, 3.63) is 35.9 Å². The minimum Gasteiger partial charge on any atom is -0.480 e. The van der Waals surface area contributed by atoms with Crippen LogP contribution in [0.5, 0.6) is 0 Å². The average Bonchev–Trinajstić information content (AvgIpc) is 2.50. The zero-order valence-electron chi connectivity index (χ0n) is 13.6. The fraction of sp³-hybridized carbons (Fsp3) is 0.500. The minimum absolute atomic E-state index is 0.239. The highest BCUT2D eigenvalue weighted by molar-refractivity contribution is 5.80. The van der Waals surface area contributed by atoms with Gasteiger partial charge in [-0.15, -0.1) is 0 Å². The molecule has 4 heteroatoms. The van der Waals surface area contributed by atoms with Gasteiger partial charge in [0, 0.05) is 6.42 Å². The monoisotopic (exact) mass is 283 g/mol. The van der Waals surface area contributed by atoms with Crippen LogP contribution in [0.3, 0.4) is 0 Å². The Labute approximate surface area is 123 Å². The number of rotatable bonds is 3. The molecule has 1 aromatic rings. The van der Waals surface area contributed by atoms with Gasteiger partial charge in [0.25, 0.3) is 0 Å². The number of hydrogen-bond donors (Lipinski definition) is 2. The van der Waals surface area contributed by atoms with Crippen molar-refractivity contribution in [2.75, 3.05) is 6.54 Å². The van der Waals surface area contributed by atoms with Crippen LogP contribution in [0, 0.1) is 6.92 Å². The van der Waals surface area contributed by atoms with E-state index in [1.165, 1.54) is 5.56 Å². The van der Waals surface area contributed by atoms with E-state index in [1.54, 1.807) is 6.92 Å². The van der Waals surface area contributed by atoms with Gasteiger partial charge >= 0.3 is 5.97 Å². The Bertz CT molecular complexity index is 324. The molecule has 4 nitrogen and oxygen atoms in total. The molecule has 1 amide bonds. The van der Waals surface area contributed by atoms with Crippen LogP contribution >= 0.6 is 0 Å². The molecule has 1 aromatic carbocycles. The summed E-state index contributed by atoms with van der Waals surface area (Å²) < 4.78 is 0. The van der Waals surface area contributed by atoms with E-state index in [-0.39, 0.29) is 12.5 Å². The maximum Gasteiger partial charge on any atom is 0.322 e. The molecule has 0 spiro atoms. The summed E-state index contributed by atoms with van der Waals surface area (Å²) in [6.45, 7) is 11.5. The van der Waals surface area contributed by atoms with Gasteiger partial charge in [-0.2, -0.15) is 0 Å². The third kappa shape index (κ3) is 21.4. The molecule has 116 valence electrons. The highest BCUT2D eigenvalue weighted by Gasteiger charge is 1.98. The van der Waals surface area contributed by atoms with Gasteiger partial charge in [-0.25, -0.2) is 0 Å². The van der Waals surface area contributed by atoms with Crippen LogP contribution in [0.25, 0.3) is 0 Å². The normalized spacial score (nSPS) is 7.50. The van der Waals surface area contributed by atoms with Gasteiger partial charge in [0.2, 0.25) is 5.91 Å². The molecule has 0 fully saturated rings. The molecule has 0 atom stereocenters. The maximum atomic E-state index is 10.3. The summed E-state index contributed by atoms with van der Waals surface area (Å²) in [5, 5.41) is 10.2. The number of amides is 1. The summed E-state index contributed by atoms with van der Waals surface area (Å²) in [6.07, 6.45) is 0.327. The number of aryl methyl sites for hydroxylation is 1. The predicted octanol–water partition coefficient (Wildman–Crippen LogP) is 3.64. The van der Waals surface area contributed by atoms with E-state index in [0.717, 1.165) is 0 Å². The predicted molar refractivity (Wildman–Crippen MR) is 84.8 cm³/mol. The Balaban J connectivity index is -0.000000234. The van der Waals surface area contributed by atoms with Crippen LogP contribution in [-0.2, 0) is 9.59 Å². The first-order valence-electron chi connectivity index (χ1n) is 7.06. The van der Waals surface area contributed by atoms with Crippen molar-refractivity contribution in [1.29, 1.82) is 0 Å². The Kier molecular flexibility index (Phi) is 22.7. The quantitative estimate of drug-likeness (QED) is 0.890. The second-order valence-corrected chi connectivity index (χ2v) is 3.18. The largest absolute Gasteiger partial charge is 0.480 e. The van der Waals surface area contributed by atoms with Gasteiger partial charge in [0.15, 0.2) is 0 Å². The summed E-state index contributed by atoms with van der Waals surface area (Å²) in [6, 6.07) is 10.3. The maximum absolute atomic E-state index is 10.3. The van der Waals surface area contributed by atoms with Gasteiger partial charge in [-0.1, -0.05) is 70.5 Å². The molecule has 0 saturated carbocycles. The van der Waals surface area contributed by atoms with Crippen molar-refractivity contribution in [1.82, 2.24) is 5.32 Å². The van der Waals surface area contributed by atoms with E-state index in [9.17, 15) is 9.59 Å². The lowest BCUT2D eigenvalue weighted by Crippen LogP contribution is -2.28. The fourth-order valence-corrected chi connectivity index (χ4v) is 0.834. The van der Waals surface area contributed by atoms with Gasteiger partial charge in [-0.3, -0.25) is 9.59 Å². The lowest BCUT2D eigenvalue weighted by atomic mass is 10.2. The van der Waals surface area contributed by atoms with E-state index in [4.69, 9.17) is 5.11 Å². The lowest BCUT2D eigenvalue weighted by molar-refractivity contribution is -0.137. The minimum atomic E-state index is -1.02. The van der Waals surface area contributed by atoms with E-state index >= 15 is 0 Å². The molecular weight excluding hydrogens is 254 g/mol. The number of nitrogens with one attached hydrogen (secondary N) is 1. The summed E-state index contributed by atoms with van der Waals surface area (Å²) >= 11 is 0. The number of benzene rings is 1. The summed E-state index contributed by atoms with van der Waals surface area (Å²) in [5.41, 5.74) is 1.32. The molecular formula is C16H29NO3. The molecule has 20 heavy (non-hydrogen) atoms. The second-order valence-electron chi connectivity index (χ2n) is 3.18. The standard InChI is InChI=1S/C7H8.C5H9NO3.2C2H6/c1-7-5-3-2-4-6-7;1-2-4(7)6-3-5(8)9;2*1-2/h2-6H,1H3;2-3H2,1H3,(H,6,7)(H,8,9);2*1-2H3. The third-order valence-electron chi connectivity index (χ3n) is 1.70. The molecule has 0 aliphatic heterocycles. The molecule has 0 radical (unpaired) electrons. The van der Waals surface area contributed by atoms with Crippen molar-refractivity contribution < 1.29 is 14.7 Å². The number of carbonyl (C=O) groups is 2. The lowest BCUT2D eigenvalue weighted by Gasteiger charge is -1.95. The molecule has 1 rings (SSSR count). The van der Waals surface area contributed by atoms with Crippen molar-refractivity contribution in [3.8, 4) is 0 Å². The molecule has 0 aliphatic carbocycles. The van der Waals surface area contributed by atoms with Crippen molar-refractivity contribution >= 4 is 11.9 Å². The summed E-state index contributed by atoms with van der Waals surface area (Å²) in [5.74, 6) is -1.26. The third-order valence-corrected chi connectivity index (χ3v) is 1.70. The number of carboxylic acids is 1. The van der Waals surface area contributed by atoms with Crippen molar-refractivity contribution in [2.24, 2.45) is 0 Å². The van der Waals surface area contributed by atoms with Crippen LogP contribution in [0.15, 0.2) is 30.3 Å². The zero-order chi connectivity index (χ0) is 16.4. The zero-order valence-corrected chi connectivity index (χ0v) is 13.6. The number of aliphatic carboxylic acids is 1. The van der Waals surface area contributed by atoms with Crippen LogP contribution in [0.2, 0.25) is 0 Å². The topological polar surface area (TPSA) is 66.4 Å². The molecule has 0 aliphatic rings. The van der Waals surface area contributed by atoms with Gasteiger partial charge in [0.05, 0.1) is 0 Å². The van der Waals surface area contributed by atoms with Crippen LogP contribution in [-0.4, -0.2) is 23.5 Å². The van der Waals surface area contributed by atoms with E-state index in [2.05, 4.69) is 24.4 Å². The molecule has 0 unspecified atom stereocenters. The first kappa shape index (κ1) is 23.3. The van der Waals surface area contributed by atoms with Crippen LogP contribution in [0.1, 0.15) is 46.6 Å². The molecule has 2 N–H and O–H groups in total. The molecule has 0 aromatic heterocycles. The average molecular weight is 283 g/mol. The van der Waals surface area contributed by atoms with E-state index in [1.807, 2.05) is 45.9 Å².